The van der Waals surface area contributed by atoms with Gasteiger partial charge >= 0.3 is 0 Å². The van der Waals surface area contributed by atoms with Gasteiger partial charge in [0.1, 0.15) is 0 Å². The van der Waals surface area contributed by atoms with Crippen molar-refractivity contribution in [3.05, 3.63) is 40.3 Å². The van der Waals surface area contributed by atoms with Crippen molar-refractivity contribution in [2.75, 3.05) is 26.7 Å². The molecular weight excluding hydrogens is 328 g/mol. The van der Waals surface area contributed by atoms with Crippen LogP contribution in [-0.4, -0.2) is 47.3 Å². The zero-order valence-corrected chi connectivity index (χ0v) is 15.9. The lowest BCUT2D eigenvalue weighted by Crippen LogP contribution is -2.43. The van der Waals surface area contributed by atoms with Crippen LogP contribution in [0, 0.1) is 11.8 Å². The van der Waals surface area contributed by atoms with E-state index in [1.54, 1.807) is 6.07 Å². The van der Waals surface area contributed by atoms with Crippen LogP contribution in [0.1, 0.15) is 37.2 Å². The first-order valence-electron chi connectivity index (χ1n) is 9.45. The zero-order chi connectivity index (χ0) is 18.7. The molecule has 0 aliphatic carbocycles. The maximum atomic E-state index is 13.2. The van der Waals surface area contributed by atoms with Crippen LogP contribution in [-0.2, 0) is 6.54 Å². The number of nitrogens with one attached hydrogen (secondary N) is 1. The molecule has 1 amide bonds. The molecule has 2 heterocycles. The van der Waals surface area contributed by atoms with Crippen LogP contribution in [0.4, 0.5) is 0 Å². The highest BCUT2D eigenvalue weighted by atomic mass is 16.2. The number of carbonyl (C=O) groups is 1. The third-order valence-corrected chi connectivity index (χ3v) is 4.91. The summed E-state index contributed by atoms with van der Waals surface area (Å²) >= 11 is 0. The van der Waals surface area contributed by atoms with Gasteiger partial charge in [0.15, 0.2) is 5.69 Å². The number of fused-ring (bicyclic) bond motifs is 1. The largest absolute Gasteiger partial charge is 0.337 e. The molecule has 3 rings (SSSR count). The van der Waals surface area contributed by atoms with Crippen LogP contribution in [0.3, 0.4) is 0 Å². The molecule has 0 radical (unpaired) electrons. The second kappa shape index (κ2) is 7.99. The summed E-state index contributed by atoms with van der Waals surface area (Å²) in [5.74, 6) is 0.671. The van der Waals surface area contributed by atoms with Crippen molar-refractivity contribution >= 4 is 16.7 Å². The summed E-state index contributed by atoms with van der Waals surface area (Å²) in [5, 5.41) is 8.91. The molecule has 1 atom stereocenters. The molecular formula is C20H28N4O2. The van der Waals surface area contributed by atoms with Crippen LogP contribution >= 0.6 is 0 Å². The summed E-state index contributed by atoms with van der Waals surface area (Å²) < 4.78 is 1.45. The summed E-state index contributed by atoms with van der Waals surface area (Å²) in [6, 6.07) is 7.30. The Morgan fingerprint density at radius 2 is 2.04 bits per heavy atom. The highest BCUT2D eigenvalue weighted by molar-refractivity contribution is 6.04. The minimum Gasteiger partial charge on any atom is -0.337 e. The van der Waals surface area contributed by atoms with E-state index < -0.39 is 0 Å². The number of hydrogen-bond donors (Lipinski definition) is 1. The number of amides is 1. The molecule has 26 heavy (non-hydrogen) atoms. The van der Waals surface area contributed by atoms with E-state index in [9.17, 15) is 9.59 Å². The van der Waals surface area contributed by atoms with E-state index in [1.165, 1.54) is 4.68 Å². The second-order valence-corrected chi connectivity index (χ2v) is 7.59. The maximum absolute atomic E-state index is 13.2. The molecule has 6 heteroatoms. The monoisotopic (exact) mass is 356 g/mol. The van der Waals surface area contributed by atoms with Gasteiger partial charge in [0, 0.05) is 25.0 Å². The lowest BCUT2D eigenvalue weighted by Gasteiger charge is -2.32. The standard InChI is InChI=1S/C20H28N4O2/c1-14(2)12-24-19(25)17-9-5-4-8-16(17)18(22-24)20(26)23-10-6-7-15(13-23)11-21-3/h4-5,8-9,14-15,21H,6-7,10-13H2,1-3H3. The molecule has 1 aromatic heterocycles. The van der Waals surface area contributed by atoms with Gasteiger partial charge in [-0.2, -0.15) is 5.10 Å². The molecule has 0 bridgehead atoms. The van der Waals surface area contributed by atoms with Crippen LogP contribution in [0.5, 0.6) is 0 Å². The van der Waals surface area contributed by atoms with Crippen molar-refractivity contribution in [2.24, 2.45) is 11.8 Å². The van der Waals surface area contributed by atoms with Crippen LogP contribution in [0.15, 0.2) is 29.1 Å². The first kappa shape index (κ1) is 18.6. The number of carbonyl (C=O) groups excluding carboxylic acids is 1. The molecule has 1 unspecified atom stereocenters. The first-order valence-corrected chi connectivity index (χ1v) is 9.45. The number of nitrogens with zero attached hydrogens (tertiary/aromatic N) is 3. The minimum absolute atomic E-state index is 0.0699. The first-order chi connectivity index (χ1) is 12.5. The van der Waals surface area contributed by atoms with Gasteiger partial charge in [-0.15, -0.1) is 0 Å². The van der Waals surface area contributed by atoms with E-state index in [-0.39, 0.29) is 17.4 Å². The number of hydrogen-bond acceptors (Lipinski definition) is 4. The van der Waals surface area contributed by atoms with E-state index in [2.05, 4.69) is 10.4 Å². The summed E-state index contributed by atoms with van der Waals surface area (Å²) in [4.78, 5) is 27.9. The number of aromatic nitrogens is 2. The number of piperidine rings is 1. The maximum Gasteiger partial charge on any atom is 0.274 e. The molecule has 1 N–H and O–H groups in total. The molecule has 0 saturated carbocycles. The number of benzene rings is 1. The van der Waals surface area contributed by atoms with E-state index in [0.717, 1.165) is 32.5 Å². The van der Waals surface area contributed by atoms with Gasteiger partial charge in [-0.25, -0.2) is 4.68 Å². The van der Waals surface area contributed by atoms with Crippen molar-refractivity contribution in [3.8, 4) is 0 Å². The van der Waals surface area contributed by atoms with E-state index in [4.69, 9.17) is 0 Å². The summed E-state index contributed by atoms with van der Waals surface area (Å²) in [5.41, 5.74) is 0.267. The van der Waals surface area contributed by atoms with Crippen LogP contribution in [0.25, 0.3) is 10.8 Å². The predicted octanol–water partition coefficient (Wildman–Crippen LogP) is 2.12. The van der Waals surface area contributed by atoms with Crippen molar-refractivity contribution in [1.82, 2.24) is 20.0 Å². The number of likely N-dealkylation sites (tertiary alicyclic amines) is 1. The lowest BCUT2D eigenvalue weighted by atomic mass is 9.97. The Hall–Kier alpha value is -2.21. The summed E-state index contributed by atoms with van der Waals surface area (Å²) in [7, 11) is 1.94. The van der Waals surface area contributed by atoms with E-state index in [0.29, 0.717) is 28.9 Å². The fourth-order valence-corrected chi connectivity index (χ4v) is 3.72. The third-order valence-electron chi connectivity index (χ3n) is 4.91. The van der Waals surface area contributed by atoms with Crippen molar-refractivity contribution in [2.45, 2.75) is 33.2 Å². The fraction of sp³-hybridized carbons (Fsp3) is 0.550. The van der Waals surface area contributed by atoms with E-state index in [1.807, 2.05) is 44.0 Å². The van der Waals surface area contributed by atoms with Gasteiger partial charge in [0.05, 0.1) is 5.39 Å². The molecule has 1 fully saturated rings. The molecule has 2 aromatic rings. The molecule has 1 aromatic carbocycles. The fourth-order valence-electron chi connectivity index (χ4n) is 3.72. The second-order valence-electron chi connectivity index (χ2n) is 7.59. The van der Waals surface area contributed by atoms with Crippen molar-refractivity contribution in [1.29, 1.82) is 0 Å². The molecule has 140 valence electrons. The normalized spacial score (nSPS) is 17.8. The SMILES string of the molecule is CNCC1CCCN(C(=O)c2nn(CC(C)C)c(=O)c3ccccc23)C1. The molecule has 6 nitrogen and oxygen atoms in total. The van der Waals surface area contributed by atoms with Gasteiger partial charge in [0.2, 0.25) is 0 Å². The lowest BCUT2D eigenvalue weighted by molar-refractivity contribution is 0.0667. The molecule has 1 aliphatic rings. The van der Waals surface area contributed by atoms with Gasteiger partial charge in [-0.05, 0) is 44.3 Å². The molecule has 1 aliphatic heterocycles. The van der Waals surface area contributed by atoms with Crippen LogP contribution < -0.4 is 10.9 Å². The van der Waals surface area contributed by atoms with Gasteiger partial charge < -0.3 is 10.2 Å². The highest BCUT2D eigenvalue weighted by Crippen LogP contribution is 2.21. The Balaban J connectivity index is 2.01. The van der Waals surface area contributed by atoms with Gasteiger partial charge in [-0.1, -0.05) is 32.0 Å². The van der Waals surface area contributed by atoms with Gasteiger partial charge in [0.25, 0.3) is 11.5 Å². The Bertz CT molecular complexity index is 841. The summed E-state index contributed by atoms with van der Waals surface area (Å²) in [6.45, 7) is 6.98. The third kappa shape index (κ3) is 3.80. The predicted molar refractivity (Wildman–Crippen MR) is 103 cm³/mol. The van der Waals surface area contributed by atoms with Gasteiger partial charge in [-0.3, -0.25) is 9.59 Å². The Morgan fingerprint density at radius 3 is 2.73 bits per heavy atom. The summed E-state index contributed by atoms with van der Waals surface area (Å²) in [6.07, 6.45) is 2.13. The van der Waals surface area contributed by atoms with Crippen molar-refractivity contribution < 1.29 is 4.79 Å². The average molecular weight is 356 g/mol. The Morgan fingerprint density at radius 1 is 1.31 bits per heavy atom. The smallest absolute Gasteiger partial charge is 0.274 e. The zero-order valence-electron chi connectivity index (χ0n) is 15.9. The van der Waals surface area contributed by atoms with Crippen LogP contribution in [0.2, 0.25) is 0 Å². The average Bonchev–Trinajstić information content (AvgIpc) is 2.64. The minimum atomic E-state index is -0.127. The quantitative estimate of drug-likeness (QED) is 0.891. The highest BCUT2D eigenvalue weighted by Gasteiger charge is 2.27. The Labute approximate surface area is 154 Å². The number of rotatable bonds is 5. The molecule has 0 spiro atoms. The Kier molecular flexibility index (Phi) is 5.71. The topological polar surface area (TPSA) is 67.2 Å². The van der Waals surface area contributed by atoms with E-state index >= 15 is 0 Å². The van der Waals surface area contributed by atoms with Crippen molar-refractivity contribution in [3.63, 3.8) is 0 Å². The molecule has 1 saturated heterocycles.